The lowest BCUT2D eigenvalue weighted by atomic mass is 9.61. The standard InChI is InChI=1S/C12H20O/c1-9-6-11(2,3)8-12(4,5)10(9)7-13/h6-7,10H,8H2,1-5H3. The Morgan fingerprint density at radius 1 is 1.38 bits per heavy atom. The summed E-state index contributed by atoms with van der Waals surface area (Å²) < 4.78 is 0. The van der Waals surface area contributed by atoms with Crippen molar-refractivity contribution in [2.45, 2.75) is 41.0 Å². The van der Waals surface area contributed by atoms with E-state index in [9.17, 15) is 4.79 Å². The molecule has 0 aliphatic heterocycles. The Bertz CT molecular complexity index is 246. The summed E-state index contributed by atoms with van der Waals surface area (Å²) in [5, 5.41) is 0. The van der Waals surface area contributed by atoms with Crippen molar-refractivity contribution < 1.29 is 4.79 Å². The molecule has 1 rings (SSSR count). The van der Waals surface area contributed by atoms with E-state index in [1.54, 1.807) is 0 Å². The minimum atomic E-state index is 0.112. The summed E-state index contributed by atoms with van der Waals surface area (Å²) in [6.07, 6.45) is 4.43. The van der Waals surface area contributed by atoms with Gasteiger partial charge in [0.15, 0.2) is 0 Å². The van der Waals surface area contributed by atoms with Crippen molar-refractivity contribution in [1.29, 1.82) is 0 Å². The van der Waals surface area contributed by atoms with Gasteiger partial charge in [0.25, 0.3) is 0 Å². The molecule has 74 valence electrons. The van der Waals surface area contributed by atoms with Crippen LogP contribution in [0.3, 0.4) is 0 Å². The molecule has 0 spiro atoms. The van der Waals surface area contributed by atoms with Gasteiger partial charge >= 0.3 is 0 Å². The molecule has 0 bridgehead atoms. The van der Waals surface area contributed by atoms with Crippen LogP contribution in [0.4, 0.5) is 0 Å². The first-order chi connectivity index (χ1) is 5.78. The first kappa shape index (κ1) is 10.5. The van der Waals surface area contributed by atoms with Gasteiger partial charge in [0, 0.05) is 5.92 Å². The second-order valence-corrected chi connectivity index (χ2v) is 5.66. The Morgan fingerprint density at radius 2 is 1.92 bits per heavy atom. The monoisotopic (exact) mass is 180 g/mol. The number of hydrogen-bond acceptors (Lipinski definition) is 1. The predicted octanol–water partition coefficient (Wildman–Crippen LogP) is 3.20. The molecule has 13 heavy (non-hydrogen) atoms. The Hall–Kier alpha value is -0.590. The summed E-state index contributed by atoms with van der Waals surface area (Å²) in [5.41, 5.74) is 1.59. The van der Waals surface area contributed by atoms with Gasteiger partial charge in [-0.2, -0.15) is 0 Å². The third-order valence-corrected chi connectivity index (χ3v) is 3.00. The van der Waals surface area contributed by atoms with E-state index in [4.69, 9.17) is 0 Å². The lowest BCUT2D eigenvalue weighted by Crippen LogP contribution is -2.35. The molecule has 0 aromatic heterocycles. The molecule has 0 amide bonds. The van der Waals surface area contributed by atoms with Crippen molar-refractivity contribution >= 4 is 6.29 Å². The summed E-state index contributed by atoms with van der Waals surface area (Å²) in [7, 11) is 0. The Kier molecular flexibility index (Phi) is 2.40. The van der Waals surface area contributed by atoms with E-state index in [-0.39, 0.29) is 16.7 Å². The van der Waals surface area contributed by atoms with Crippen LogP contribution < -0.4 is 0 Å². The Balaban J connectivity index is 3.08. The summed E-state index contributed by atoms with van der Waals surface area (Å²) in [4.78, 5) is 11.0. The average Bonchev–Trinajstić information content (AvgIpc) is 1.79. The molecule has 0 N–H and O–H groups in total. The normalized spacial score (nSPS) is 30.8. The highest BCUT2D eigenvalue weighted by Gasteiger charge is 2.39. The van der Waals surface area contributed by atoms with Crippen LogP contribution in [0.5, 0.6) is 0 Å². The SMILES string of the molecule is CC1=CC(C)(C)CC(C)(C)C1C=O. The number of allylic oxidation sites excluding steroid dienone is 2. The summed E-state index contributed by atoms with van der Waals surface area (Å²) in [5.74, 6) is 0.112. The van der Waals surface area contributed by atoms with Gasteiger partial charge in [-0.3, -0.25) is 0 Å². The first-order valence-electron chi connectivity index (χ1n) is 4.93. The van der Waals surface area contributed by atoms with E-state index >= 15 is 0 Å². The third-order valence-electron chi connectivity index (χ3n) is 3.00. The highest BCUT2D eigenvalue weighted by Crippen LogP contribution is 2.47. The van der Waals surface area contributed by atoms with Crippen molar-refractivity contribution in [2.24, 2.45) is 16.7 Å². The van der Waals surface area contributed by atoms with Crippen molar-refractivity contribution in [2.75, 3.05) is 0 Å². The zero-order valence-electron chi connectivity index (χ0n) is 9.35. The zero-order valence-corrected chi connectivity index (χ0v) is 9.35. The van der Waals surface area contributed by atoms with Gasteiger partial charge in [-0.15, -0.1) is 0 Å². The topological polar surface area (TPSA) is 17.1 Å². The minimum Gasteiger partial charge on any atom is -0.303 e. The maximum atomic E-state index is 11.0. The molecular formula is C12H20O. The molecule has 0 fully saturated rings. The highest BCUT2D eigenvalue weighted by molar-refractivity contribution is 5.61. The van der Waals surface area contributed by atoms with E-state index in [0.29, 0.717) is 0 Å². The molecule has 1 atom stereocenters. The average molecular weight is 180 g/mol. The lowest BCUT2D eigenvalue weighted by Gasteiger charge is -2.42. The molecule has 0 aromatic carbocycles. The minimum absolute atomic E-state index is 0.112. The van der Waals surface area contributed by atoms with Gasteiger partial charge in [-0.05, 0) is 24.2 Å². The molecule has 0 radical (unpaired) electrons. The van der Waals surface area contributed by atoms with Crippen molar-refractivity contribution in [3.8, 4) is 0 Å². The van der Waals surface area contributed by atoms with E-state index in [1.807, 2.05) is 0 Å². The summed E-state index contributed by atoms with van der Waals surface area (Å²) in [6, 6.07) is 0. The Morgan fingerprint density at radius 3 is 2.31 bits per heavy atom. The van der Waals surface area contributed by atoms with Gasteiger partial charge in [-0.25, -0.2) is 0 Å². The largest absolute Gasteiger partial charge is 0.303 e. The fourth-order valence-electron chi connectivity index (χ4n) is 2.95. The molecule has 0 saturated heterocycles. The summed E-state index contributed by atoms with van der Waals surface area (Å²) >= 11 is 0. The molecule has 0 heterocycles. The van der Waals surface area contributed by atoms with Crippen LogP contribution in [0, 0.1) is 16.7 Å². The van der Waals surface area contributed by atoms with E-state index in [0.717, 1.165) is 12.7 Å². The van der Waals surface area contributed by atoms with Gasteiger partial charge in [0.05, 0.1) is 0 Å². The van der Waals surface area contributed by atoms with Crippen LogP contribution in [0.25, 0.3) is 0 Å². The van der Waals surface area contributed by atoms with Crippen LogP contribution in [0.2, 0.25) is 0 Å². The lowest BCUT2D eigenvalue weighted by molar-refractivity contribution is -0.113. The van der Waals surface area contributed by atoms with Gasteiger partial charge in [0.1, 0.15) is 6.29 Å². The maximum absolute atomic E-state index is 11.0. The fourth-order valence-corrected chi connectivity index (χ4v) is 2.95. The number of hydrogen-bond donors (Lipinski definition) is 0. The first-order valence-corrected chi connectivity index (χ1v) is 4.93. The van der Waals surface area contributed by atoms with E-state index in [2.05, 4.69) is 40.7 Å². The van der Waals surface area contributed by atoms with Crippen molar-refractivity contribution in [3.05, 3.63) is 11.6 Å². The molecule has 1 nitrogen and oxygen atoms in total. The number of aldehydes is 1. The van der Waals surface area contributed by atoms with Gasteiger partial charge < -0.3 is 4.79 Å². The smallest absolute Gasteiger partial charge is 0.127 e. The molecule has 1 unspecified atom stereocenters. The zero-order chi connectivity index (χ0) is 10.3. The fraction of sp³-hybridized carbons (Fsp3) is 0.750. The number of carbonyl (C=O) groups excluding carboxylic acids is 1. The van der Waals surface area contributed by atoms with E-state index < -0.39 is 0 Å². The van der Waals surface area contributed by atoms with Crippen LogP contribution in [0.15, 0.2) is 11.6 Å². The van der Waals surface area contributed by atoms with Crippen LogP contribution in [0.1, 0.15) is 41.0 Å². The van der Waals surface area contributed by atoms with Crippen LogP contribution in [-0.4, -0.2) is 6.29 Å². The molecule has 1 aliphatic rings. The number of carbonyl (C=O) groups is 1. The molecule has 0 aromatic rings. The summed E-state index contributed by atoms with van der Waals surface area (Å²) in [6.45, 7) is 10.9. The molecule has 0 saturated carbocycles. The second kappa shape index (κ2) is 2.97. The van der Waals surface area contributed by atoms with E-state index in [1.165, 1.54) is 5.57 Å². The maximum Gasteiger partial charge on any atom is 0.127 e. The van der Waals surface area contributed by atoms with Crippen LogP contribution in [-0.2, 0) is 4.79 Å². The van der Waals surface area contributed by atoms with Crippen LogP contribution >= 0.6 is 0 Å². The quantitative estimate of drug-likeness (QED) is 0.447. The third kappa shape index (κ3) is 2.01. The molecular weight excluding hydrogens is 160 g/mol. The molecule has 1 aliphatic carbocycles. The van der Waals surface area contributed by atoms with Gasteiger partial charge in [0.2, 0.25) is 0 Å². The Labute approximate surface area is 81.2 Å². The second-order valence-electron chi connectivity index (χ2n) is 5.66. The van der Waals surface area contributed by atoms with Gasteiger partial charge in [-0.1, -0.05) is 39.3 Å². The van der Waals surface area contributed by atoms with Crippen molar-refractivity contribution in [3.63, 3.8) is 0 Å². The molecule has 1 heteroatoms. The predicted molar refractivity (Wildman–Crippen MR) is 55.5 cm³/mol. The highest BCUT2D eigenvalue weighted by atomic mass is 16.1. The number of rotatable bonds is 1. The van der Waals surface area contributed by atoms with Crippen molar-refractivity contribution in [1.82, 2.24) is 0 Å².